The van der Waals surface area contributed by atoms with Gasteiger partial charge in [0.2, 0.25) is 0 Å². The lowest BCUT2D eigenvalue weighted by Crippen LogP contribution is -2.39. The minimum atomic E-state index is -1.36. The molecule has 0 aliphatic rings. The molecule has 0 spiro atoms. The molecule has 3 heteroatoms. The molecule has 218 valence electrons. The van der Waals surface area contributed by atoms with Crippen LogP contribution in [-0.4, -0.2) is 17.2 Å². The van der Waals surface area contributed by atoms with Crippen LogP contribution in [0.15, 0.2) is 60.7 Å². The maximum atomic E-state index is 15.3. The quantitative estimate of drug-likeness (QED) is 0.135. The Hall–Kier alpha value is -2.16. The molecule has 1 atom stereocenters. The summed E-state index contributed by atoms with van der Waals surface area (Å²) in [6.07, 6.45) is 22.8. The minimum Gasteiger partial charge on any atom is -0.480 e. The van der Waals surface area contributed by atoms with Gasteiger partial charge in [0.15, 0.2) is 0 Å². The number of benzene rings is 2. The van der Waals surface area contributed by atoms with Crippen LogP contribution >= 0.6 is 0 Å². The van der Waals surface area contributed by atoms with Gasteiger partial charge in [-0.2, -0.15) is 0 Å². The summed E-state index contributed by atoms with van der Waals surface area (Å²) in [5.41, 5.74) is -0.0794. The number of unbranched alkanes of at least 4 members (excludes halogenated alkanes) is 17. The molecule has 0 saturated carbocycles. The molecule has 0 radical (unpaired) electrons. The number of carboxylic acid groups (broad SMARTS) is 1. The number of rotatable bonds is 24. The molecular weight excluding hydrogens is 483 g/mol. The van der Waals surface area contributed by atoms with Crippen LogP contribution in [-0.2, 0) is 10.2 Å². The third kappa shape index (κ3) is 12.7. The molecule has 0 fully saturated rings. The summed E-state index contributed by atoms with van der Waals surface area (Å²) in [6, 6.07) is 18.3. The van der Waals surface area contributed by atoms with Crippen molar-refractivity contribution in [1.82, 2.24) is 0 Å². The molecule has 0 amide bonds. The highest BCUT2D eigenvalue weighted by molar-refractivity contribution is 5.86. The van der Waals surface area contributed by atoms with E-state index in [1.807, 2.05) is 60.7 Å². The van der Waals surface area contributed by atoms with Gasteiger partial charge in [0.25, 0.3) is 0 Å². The number of halogens is 1. The summed E-state index contributed by atoms with van der Waals surface area (Å²) < 4.78 is 15.3. The van der Waals surface area contributed by atoms with Crippen molar-refractivity contribution in [2.45, 2.75) is 147 Å². The van der Waals surface area contributed by atoms with Gasteiger partial charge in [0.05, 0.1) is 0 Å². The normalized spacial score (nSPS) is 12.5. The fourth-order valence-electron chi connectivity index (χ4n) is 5.88. The van der Waals surface area contributed by atoms with E-state index in [4.69, 9.17) is 0 Å². The second-order valence-corrected chi connectivity index (χ2v) is 11.5. The van der Waals surface area contributed by atoms with Crippen molar-refractivity contribution in [2.75, 3.05) is 0 Å². The molecule has 0 saturated heterocycles. The lowest BCUT2D eigenvalue weighted by atomic mass is 9.70. The first-order chi connectivity index (χ1) is 19.1. The van der Waals surface area contributed by atoms with Crippen LogP contribution in [0.1, 0.15) is 146 Å². The first-order valence-corrected chi connectivity index (χ1v) is 16.1. The Morgan fingerprint density at radius 3 is 1.28 bits per heavy atom. The maximum Gasteiger partial charge on any atom is 0.318 e. The number of hydrogen-bond acceptors (Lipinski definition) is 1. The van der Waals surface area contributed by atoms with Gasteiger partial charge in [-0.15, -0.1) is 0 Å². The van der Waals surface area contributed by atoms with Crippen LogP contribution in [0.5, 0.6) is 0 Å². The van der Waals surface area contributed by atoms with Crippen LogP contribution in [0, 0.1) is 0 Å². The van der Waals surface area contributed by atoms with Gasteiger partial charge >= 0.3 is 5.97 Å². The maximum absolute atomic E-state index is 15.3. The zero-order chi connectivity index (χ0) is 28.0. The summed E-state index contributed by atoms with van der Waals surface area (Å²) in [5.74, 6) is -0.986. The number of hydrogen-bond donors (Lipinski definition) is 1. The average Bonchev–Trinajstić information content (AvgIpc) is 2.96. The zero-order valence-electron chi connectivity index (χ0n) is 24.7. The van der Waals surface area contributed by atoms with Crippen molar-refractivity contribution >= 4 is 5.97 Å². The van der Waals surface area contributed by atoms with Crippen molar-refractivity contribution in [2.24, 2.45) is 0 Å². The average molecular weight is 539 g/mol. The van der Waals surface area contributed by atoms with Gasteiger partial charge in [-0.05, 0) is 17.5 Å². The van der Waals surface area contributed by atoms with E-state index >= 15 is 4.39 Å². The van der Waals surface area contributed by atoms with E-state index in [0.717, 1.165) is 19.3 Å². The second-order valence-electron chi connectivity index (χ2n) is 11.5. The SMILES string of the molecule is CCCCCCCCCCCCCCCCCCCCC(F)CC(C(=O)O)(c1ccccc1)c1ccccc1. The molecule has 2 aromatic carbocycles. The first kappa shape index (κ1) is 33.0. The molecule has 2 nitrogen and oxygen atoms in total. The molecule has 2 rings (SSSR count). The summed E-state index contributed by atoms with van der Waals surface area (Å²) in [6.45, 7) is 2.28. The van der Waals surface area contributed by atoms with Crippen LogP contribution < -0.4 is 0 Å². The largest absolute Gasteiger partial charge is 0.480 e. The van der Waals surface area contributed by atoms with Gasteiger partial charge in [-0.1, -0.05) is 183 Å². The van der Waals surface area contributed by atoms with Crippen LogP contribution in [0.4, 0.5) is 4.39 Å². The lowest BCUT2D eigenvalue weighted by Gasteiger charge is -2.32. The molecule has 0 bridgehead atoms. The smallest absolute Gasteiger partial charge is 0.318 e. The van der Waals surface area contributed by atoms with E-state index in [-0.39, 0.29) is 6.42 Å². The van der Waals surface area contributed by atoms with E-state index in [0.29, 0.717) is 17.5 Å². The molecule has 1 N–H and O–H groups in total. The van der Waals surface area contributed by atoms with Gasteiger partial charge in [0.1, 0.15) is 11.6 Å². The number of carboxylic acids is 1. The first-order valence-electron chi connectivity index (χ1n) is 16.1. The van der Waals surface area contributed by atoms with E-state index < -0.39 is 17.6 Å². The van der Waals surface area contributed by atoms with E-state index in [9.17, 15) is 9.90 Å². The van der Waals surface area contributed by atoms with Crippen LogP contribution in [0.2, 0.25) is 0 Å². The molecule has 0 aliphatic carbocycles. The molecular formula is C36H55FO2. The summed E-state index contributed by atoms with van der Waals surface area (Å²) in [4.78, 5) is 12.6. The van der Waals surface area contributed by atoms with Crippen molar-refractivity contribution in [1.29, 1.82) is 0 Å². The third-order valence-corrected chi connectivity index (χ3v) is 8.30. The third-order valence-electron chi connectivity index (χ3n) is 8.30. The van der Waals surface area contributed by atoms with Crippen LogP contribution in [0.25, 0.3) is 0 Å². The summed E-state index contributed by atoms with van der Waals surface area (Å²) in [7, 11) is 0. The highest BCUT2D eigenvalue weighted by Gasteiger charge is 2.44. The summed E-state index contributed by atoms with van der Waals surface area (Å²) in [5, 5.41) is 10.3. The van der Waals surface area contributed by atoms with E-state index in [1.54, 1.807) is 0 Å². The Balaban J connectivity index is 1.56. The van der Waals surface area contributed by atoms with Crippen molar-refractivity contribution in [3.05, 3.63) is 71.8 Å². The zero-order valence-corrected chi connectivity index (χ0v) is 24.7. The Kier molecular flexibility index (Phi) is 17.5. The predicted molar refractivity (Wildman–Crippen MR) is 164 cm³/mol. The number of alkyl halides is 1. The highest BCUT2D eigenvalue weighted by Crippen LogP contribution is 2.39. The van der Waals surface area contributed by atoms with E-state index in [2.05, 4.69) is 6.92 Å². The second kappa shape index (κ2) is 20.7. The standard InChI is InChI=1S/C36H55FO2/c1-2-3-4-5-6-7-8-9-10-11-12-13-14-15-16-17-18-25-30-34(37)31-36(35(38)39,32-26-21-19-22-27-32)33-28-23-20-24-29-33/h19-24,26-29,34H,2-18,25,30-31H2,1H3,(H,38,39). The lowest BCUT2D eigenvalue weighted by molar-refractivity contribution is -0.143. The summed E-state index contributed by atoms with van der Waals surface area (Å²) >= 11 is 0. The van der Waals surface area contributed by atoms with Crippen molar-refractivity contribution < 1.29 is 14.3 Å². The number of carbonyl (C=O) groups is 1. The monoisotopic (exact) mass is 538 g/mol. The Morgan fingerprint density at radius 2 is 0.949 bits per heavy atom. The van der Waals surface area contributed by atoms with Crippen molar-refractivity contribution in [3.8, 4) is 0 Å². The molecule has 39 heavy (non-hydrogen) atoms. The highest BCUT2D eigenvalue weighted by atomic mass is 19.1. The van der Waals surface area contributed by atoms with Gasteiger partial charge in [0, 0.05) is 6.42 Å². The Bertz CT molecular complexity index is 811. The topological polar surface area (TPSA) is 37.3 Å². The molecule has 2 aromatic rings. The van der Waals surface area contributed by atoms with Crippen molar-refractivity contribution in [3.63, 3.8) is 0 Å². The van der Waals surface area contributed by atoms with Gasteiger partial charge in [-0.25, -0.2) is 4.39 Å². The van der Waals surface area contributed by atoms with Crippen LogP contribution in [0.3, 0.4) is 0 Å². The van der Waals surface area contributed by atoms with Gasteiger partial charge in [-0.3, -0.25) is 4.79 Å². The molecule has 0 aromatic heterocycles. The Labute approximate surface area is 238 Å². The molecule has 1 unspecified atom stereocenters. The predicted octanol–water partition coefficient (Wildman–Crippen LogP) is 11.2. The fraction of sp³-hybridized carbons (Fsp3) is 0.639. The molecule has 0 heterocycles. The number of aliphatic carboxylic acids is 1. The van der Waals surface area contributed by atoms with Gasteiger partial charge < -0.3 is 5.11 Å². The molecule has 0 aliphatic heterocycles. The minimum absolute atomic E-state index is 0.0324. The van der Waals surface area contributed by atoms with E-state index in [1.165, 1.54) is 96.3 Å². The Morgan fingerprint density at radius 1 is 0.615 bits per heavy atom. The fourth-order valence-corrected chi connectivity index (χ4v) is 5.88.